The monoisotopic (exact) mass is 454 g/mol. The van der Waals surface area contributed by atoms with Crippen molar-refractivity contribution < 1.29 is 14.3 Å². The highest BCUT2D eigenvalue weighted by atomic mass is 16.5. The van der Waals surface area contributed by atoms with E-state index in [9.17, 15) is 10.1 Å². The van der Waals surface area contributed by atoms with E-state index in [0.29, 0.717) is 47.0 Å². The maximum absolute atomic E-state index is 12.2. The van der Waals surface area contributed by atoms with Crippen LogP contribution >= 0.6 is 0 Å². The summed E-state index contributed by atoms with van der Waals surface area (Å²) in [6, 6.07) is 9.13. The standard InChI is InChI=1S/C25H22N6O3/c1-15-5-19(11-28-10-15)22-13-31-23(30-25(22)34-20-3-4-33-14-20)21(12-29-31)17-6-16(9-26)7-18(8-17)24(32)27-2/h5-8,10-13,20H,3-4,14H2,1-2H3,(H,27,32). The van der Waals surface area contributed by atoms with Crippen molar-refractivity contribution in [3.63, 3.8) is 0 Å². The van der Waals surface area contributed by atoms with Crippen LogP contribution in [0.4, 0.5) is 0 Å². The van der Waals surface area contributed by atoms with Crippen molar-refractivity contribution >= 4 is 11.6 Å². The summed E-state index contributed by atoms with van der Waals surface area (Å²) in [6.45, 7) is 3.13. The lowest BCUT2D eigenvalue weighted by Gasteiger charge is -2.15. The number of carbonyl (C=O) groups is 1. The third kappa shape index (κ3) is 4.07. The maximum Gasteiger partial charge on any atom is 0.251 e. The predicted molar refractivity (Wildman–Crippen MR) is 124 cm³/mol. The number of amides is 1. The van der Waals surface area contributed by atoms with E-state index in [4.69, 9.17) is 14.5 Å². The largest absolute Gasteiger partial charge is 0.471 e. The molecule has 0 bridgehead atoms. The zero-order valence-electron chi connectivity index (χ0n) is 18.8. The molecule has 0 aliphatic carbocycles. The van der Waals surface area contributed by atoms with E-state index in [-0.39, 0.29) is 12.0 Å². The molecule has 9 heteroatoms. The van der Waals surface area contributed by atoms with Gasteiger partial charge in [0.25, 0.3) is 5.91 Å². The van der Waals surface area contributed by atoms with Crippen molar-refractivity contribution in [2.45, 2.75) is 19.4 Å². The number of ether oxygens (including phenoxy) is 2. The number of nitriles is 1. The van der Waals surface area contributed by atoms with Crippen LogP contribution in [0, 0.1) is 18.3 Å². The molecule has 1 saturated heterocycles. The Kier molecular flexibility index (Phi) is 5.65. The summed E-state index contributed by atoms with van der Waals surface area (Å²) in [5.74, 6) is 0.183. The lowest BCUT2D eigenvalue weighted by molar-refractivity contribution is 0.0963. The number of carbonyl (C=O) groups excluding carboxylic acids is 1. The smallest absolute Gasteiger partial charge is 0.251 e. The highest BCUT2D eigenvalue weighted by molar-refractivity contribution is 5.96. The Morgan fingerprint density at radius 2 is 2.09 bits per heavy atom. The van der Waals surface area contributed by atoms with Gasteiger partial charge >= 0.3 is 0 Å². The molecular weight excluding hydrogens is 432 g/mol. The van der Waals surface area contributed by atoms with Gasteiger partial charge in [0.15, 0.2) is 5.65 Å². The number of nitrogens with zero attached hydrogens (tertiary/aromatic N) is 5. The Morgan fingerprint density at radius 1 is 1.21 bits per heavy atom. The number of aryl methyl sites for hydroxylation is 1. The van der Waals surface area contributed by atoms with Gasteiger partial charge in [-0.2, -0.15) is 15.3 Å². The third-order valence-electron chi connectivity index (χ3n) is 5.67. The van der Waals surface area contributed by atoms with Crippen LogP contribution in [0.5, 0.6) is 5.88 Å². The van der Waals surface area contributed by atoms with E-state index in [0.717, 1.165) is 23.1 Å². The number of rotatable bonds is 5. The normalized spacial score (nSPS) is 15.3. The van der Waals surface area contributed by atoms with E-state index in [1.54, 1.807) is 48.4 Å². The topological polar surface area (TPSA) is 114 Å². The molecule has 1 amide bonds. The van der Waals surface area contributed by atoms with Gasteiger partial charge in [-0.25, -0.2) is 4.52 Å². The van der Waals surface area contributed by atoms with Crippen molar-refractivity contribution in [2.75, 3.05) is 20.3 Å². The summed E-state index contributed by atoms with van der Waals surface area (Å²) < 4.78 is 13.4. The van der Waals surface area contributed by atoms with Gasteiger partial charge in [-0.3, -0.25) is 9.78 Å². The molecular formula is C25H22N6O3. The zero-order valence-corrected chi connectivity index (χ0v) is 18.8. The van der Waals surface area contributed by atoms with Gasteiger partial charge in [-0.1, -0.05) is 0 Å². The van der Waals surface area contributed by atoms with Crippen LogP contribution in [0.25, 0.3) is 27.9 Å². The van der Waals surface area contributed by atoms with Crippen molar-refractivity contribution in [2.24, 2.45) is 0 Å². The average Bonchev–Trinajstić information content (AvgIpc) is 3.52. The van der Waals surface area contributed by atoms with Crippen molar-refractivity contribution in [3.05, 3.63) is 65.7 Å². The predicted octanol–water partition coefficient (Wildman–Crippen LogP) is 3.17. The molecule has 1 fully saturated rings. The molecule has 34 heavy (non-hydrogen) atoms. The van der Waals surface area contributed by atoms with E-state index in [1.165, 1.54) is 0 Å². The minimum absolute atomic E-state index is 0.0976. The number of benzene rings is 1. The van der Waals surface area contributed by atoms with Gasteiger partial charge in [0.05, 0.1) is 36.6 Å². The molecule has 1 N–H and O–H groups in total. The van der Waals surface area contributed by atoms with Crippen LogP contribution in [0.15, 0.2) is 49.1 Å². The number of nitrogens with one attached hydrogen (secondary N) is 1. The molecule has 1 aromatic carbocycles. The first-order valence-electron chi connectivity index (χ1n) is 10.9. The molecule has 1 aliphatic heterocycles. The van der Waals surface area contributed by atoms with Crippen LogP contribution < -0.4 is 10.1 Å². The molecule has 3 aromatic heterocycles. The molecule has 170 valence electrons. The molecule has 1 unspecified atom stereocenters. The zero-order chi connectivity index (χ0) is 23.7. The molecule has 9 nitrogen and oxygen atoms in total. The fourth-order valence-corrected chi connectivity index (χ4v) is 3.98. The average molecular weight is 454 g/mol. The van der Waals surface area contributed by atoms with Gasteiger partial charge in [-0.05, 0) is 42.3 Å². The number of hydrogen-bond donors (Lipinski definition) is 1. The summed E-state index contributed by atoms with van der Waals surface area (Å²) in [6.07, 6.45) is 7.78. The van der Waals surface area contributed by atoms with Crippen molar-refractivity contribution in [1.82, 2.24) is 24.9 Å². The Balaban J connectivity index is 1.67. The molecule has 1 atom stereocenters. The quantitative estimate of drug-likeness (QED) is 0.493. The van der Waals surface area contributed by atoms with Crippen molar-refractivity contribution in [1.29, 1.82) is 5.26 Å². The highest BCUT2D eigenvalue weighted by Crippen LogP contribution is 2.33. The maximum atomic E-state index is 12.2. The SMILES string of the molecule is CNC(=O)c1cc(C#N)cc(-c2cnn3cc(-c4cncc(C)c4)c(OC4CCOC4)nc23)c1. The number of hydrogen-bond acceptors (Lipinski definition) is 7. The molecule has 4 heterocycles. The van der Waals surface area contributed by atoms with Crippen LogP contribution in [0.2, 0.25) is 0 Å². The summed E-state index contributed by atoms with van der Waals surface area (Å²) in [7, 11) is 1.55. The van der Waals surface area contributed by atoms with E-state index >= 15 is 0 Å². The summed E-state index contributed by atoms with van der Waals surface area (Å²) in [5, 5.41) is 16.6. The van der Waals surface area contributed by atoms with Gasteiger partial charge < -0.3 is 14.8 Å². The summed E-state index contributed by atoms with van der Waals surface area (Å²) >= 11 is 0. The molecule has 0 spiro atoms. The van der Waals surface area contributed by atoms with Gasteiger partial charge in [0.1, 0.15) is 6.10 Å². The highest BCUT2D eigenvalue weighted by Gasteiger charge is 2.22. The fourth-order valence-electron chi connectivity index (χ4n) is 3.98. The van der Waals surface area contributed by atoms with E-state index < -0.39 is 0 Å². The second kappa shape index (κ2) is 8.92. The number of fused-ring (bicyclic) bond motifs is 1. The van der Waals surface area contributed by atoms with E-state index in [1.807, 2.05) is 19.2 Å². The van der Waals surface area contributed by atoms with Gasteiger partial charge in [0, 0.05) is 48.7 Å². The van der Waals surface area contributed by atoms with Crippen LogP contribution in [-0.2, 0) is 4.74 Å². The summed E-state index contributed by atoms with van der Waals surface area (Å²) in [4.78, 5) is 21.4. The minimum atomic E-state index is -0.276. The van der Waals surface area contributed by atoms with Crippen LogP contribution in [0.3, 0.4) is 0 Å². The molecule has 4 aromatic rings. The first kappa shape index (κ1) is 21.6. The van der Waals surface area contributed by atoms with Crippen LogP contribution in [0.1, 0.15) is 27.9 Å². The first-order valence-corrected chi connectivity index (χ1v) is 10.9. The molecule has 5 rings (SSSR count). The Bertz CT molecular complexity index is 1430. The van der Waals surface area contributed by atoms with Crippen LogP contribution in [-0.4, -0.2) is 51.9 Å². The molecule has 0 radical (unpaired) electrons. The lowest BCUT2D eigenvalue weighted by Crippen LogP contribution is -2.18. The third-order valence-corrected chi connectivity index (χ3v) is 5.67. The number of pyridine rings is 1. The van der Waals surface area contributed by atoms with Crippen molar-refractivity contribution in [3.8, 4) is 34.2 Å². The first-order chi connectivity index (χ1) is 16.6. The van der Waals surface area contributed by atoms with Gasteiger partial charge in [-0.15, -0.1) is 0 Å². The lowest BCUT2D eigenvalue weighted by atomic mass is 10.0. The number of aromatic nitrogens is 4. The van der Waals surface area contributed by atoms with E-state index in [2.05, 4.69) is 21.5 Å². The minimum Gasteiger partial charge on any atom is -0.471 e. The second-order valence-electron chi connectivity index (χ2n) is 8.13. The van der Waals surface area contributed by atoms with Gasteiger partial charge in [0.2, 0.25) is 5.88 Å². The molecule has 1 aliphatic rings. The summed E-state index contributed by atoms with van der Waals surface area (Å²) in [5.41, 5.74) is 5.32. The molecule has 0 saturated carbocycles. The Morgan fingerprint density at radius 3 is 2.82 bits per heavy atom. The Labute approximate surface area is 196 Å². The second-order valence-corrected chi connectivity index (χ2v) is 8.13. The fraction of sp³-hybridized carbons (Fsp3) is 0.240. The Hall–Kier alpha value is -4.29.